The molecule has 0 aliphatic heterocycles. The van der Waals surface area contributed by atoms with Gasteiger partial charge in [-0.2, -0.15) is 0 Å². The van der Waals surface area contributed by atoms with Gasteiger partial charge in [0, 0.05) is 46.9 Å². The van der Waals surface area contributed by atoms with Crippen molar-refractivity contribution in [3.8, 4) is 10.6 Å². The maximum Gasteiger partial charge on any atom is 0.137 e. The minimum absolute atomic E-state index is 0.174. The predicted molar refractivity (Wildman–Crippen MR) is 129 cm³/mol. The molecule has 6 nitrogen and oxygen atoms in total. The number of aliphatic hydroxyl groups is 2. The van der Waals surface area contributed by atoms with Crippen LogP contribution in [0.2, 0.25) is 0 Å². The second kappa shape index (κ2) is 7.31. The summed E-state index contributed by atoms with van der Waals surface area (Å²) in [5.74, 6) is 0. The van der Waals surface area contributed by atoms with E-state index >= 15 is 0 Å². The quantitative estimate of drug-likeness (QED) is 0.411. The number of allylic oxidation sites excluding steroid dienone is 4. The lowest BCUT2D eigenvalue weighted by Crippen LogP contribution is -2.28. The fraction of sp³-hybridized carbons (Fsp3) is 0.192. The van der Waals surface area contributed by atoms with Gasteiger partial charge in [-0.15, -0.1) is 11.3 Å². The molecule has 7 heteroatoms. The number of pyridine rings is 2. The molecule has 0 saturated carbocycles. The van der Waals surface area contributed by atoms with Gasteiger partial charge in [0.2, 0.25) is 0 Å². The molecule has 0 unspecified atom stereocenters. The van der Waals surface area contributed by atoms with Crippen LogP contribution in [-0.2, 0) is 11.2 Å². The van der Waals surface area contributed by atoms with Crippen molar-refractivity contribution >= 4 is 27.9 Å². The highest BCUT2D eigenvalue weighted by molar-refractivity contribution is 7.13. The SMILES string of the molecule is C[C@@]1(O)C[C@@](O)(C2=CCC(c3csc(-c4c[nH]c5ncccc45)n3)=CC=C2)c2ncccc21. The molecule has 0 fully saturated rings. The summed E-state index contributed by atoms with van der Waals surface area (Å²) in [7, 11) is 0. The highest BCUT2D eigenvalue weighted by Crippen LogP contribution is 2.50. The van der Waals surface area contributed by atoms with E-state index in [2.05, 4.69) is 20.3 Å². The topological polar surface area (TPSA) is 94.9 Å². The van der Waals surface area contributed by atoms with Gasteiger partial charge < -0.3 is 15.2 Å². The van der Waals surface area contributed by atoms with Gasteiger partial charge in [0.05, 0.1) is 17.0 Å². The molecule has 0 aromatic carbocycles. The highest BCUT2D eigenvalue weighted by Gasteiger charge is 2.51. The Morgan fingerprint density at radius 2 is 1.97 bits per heavy atom. The number of thiazole rings is 1. The second-order valence-electron chi connectivity index (χ2n) is 8.76. The number of hydrogen-bond donors (Lipinski definition) is 3. The summed E-state index contributed by atoms with van der Waals surface area (Å²) in [6.07, 6.45) is 14.1. The first-order chi connectivity index (χ1) is 16.0. The number of nitrogens with zero attached hydrogens (tertiary/aromatic N) is 3. The second-order valence-corrected chi connectivity index (χ2v) is 9.62. The van der Waals surface area contributed by atoms with Crippen molar-refractivity contribution < 1.29 is 10.2 Å². The molecular weight excluding hydrogens is 432 g/mol. The van der Waals surface area contributed by atoms with E-state index in [1.165, 1.54) is 0 Å². The molecule has 0 spiro atoms. The third-order valence-corrected chi connectivity index (χ3v) is 7.36. The Morgan fingerprint density at radius 1 is 1.12 bits per heavy atom. The van der Waals surface area contributed by atoms with Crippen molar-refractivity contribution in [2.45, 2.75) is 31.0 Å². The molecule has 0 bridgehead atoms. The zero-order valence-electron chi connectivity index (χ0n) is 18.0. The summed E-state index contributed by atoms with van der Waals surface area (Å²) in [5.41, 5.74) is 3.36. The van der Waals surface area contributed by atoms with Crippen LogP contribution in [0.1, 0.15) is 36.7 Å². The number of rotatable bonds is 3. The van der Waals surface area contributed by atoms with Crippen LogP contribution < -0.4 is 0 Å². The molecule has 2 atom stereocenters. The zero-order chi connectivity index (χ0) is 22.6. The zero-order valence-corrected chi connectivity index (χ0v) is 18.8. The van der Waals surface area contributed by atoms with E-state index in [-0.39, 0.29) is 6.42 Å². The summed E-state index contributed by atoms with van der Waals surface area (Å²) in [4.78, 5) is 16.9. The number of aromatic nitrogens is 4. The third-order valence-electron chi connectivity index (χ3n) is 6.49. The maximum absolute atomic E-state index is 11.6. The summed E-state index contributed by atoms with van der Waals surface area (Å²) in [6, 6.07) is 7.60. The molecule has 0 saturated heterocycles. The summed E-state index contributed by atoms with van der Waals surface area (Å²) < 4.78 is 0. The first kappa shape index (κ1) is 20.2. The lowest BCUT2D eigenvalue weighted by molar-refractivity contribution is -0.0148. The average molecular weight is 455 g/mol. The molecule has 3 N–H and O–H groups in total. The molecule has 2 aliphatic rings. The number of H-pyrrole nitrogens is 1. The highest BCUT2D eigenvalue weighted by atomic mass is 32.1. The van der Waals surface area contributed by atoms with Crippen molar-refractivity contribution in [1.82, 2.24) is 19.9 Å². The van der Waals surface area contributed by atoms with Gasteiger partial charge >= 0.3 is 0 Å². The lowest BCUT2D eigenvalue weighted by atomic mass is 9.87. The largest absolute Gasteiger partial charge is 0.385 e. The summed E-state index contributed by atoms with van der Waals surface area (Å²) in [6.45, 7) is 1.73. The van der Waals surface area contributed by atoms with Crippen molar-refractivity contribution in [2.75, 3.05) is 0 Å². The lowest BCUT2D eigenvalue weighted by Gasteiger charge is -2.26. The Hall–Kier alpha value is -3.39. The summed E-state index contributed by atoms with van der Waals surface area (Å²) in [5, 5.41) is 26.6. The predicted octanol–water partition coefficient (Wildman–Crippen LogP) is 4.85. The van der Waals surface area contributed by atoms with Crippen molar-refractivity contribution in [1.29, 1.82) is 0 Å². The number of hydrogen-bond acceptors (Lipinski definition) is 6. The molecule has 33 heavy (non-hydrogen) atoms. The van der Waals surface area contributed by atoms with Crippen LogP contribution in [0.3, 0.4) is 0 Å². The maximum atomic E-state index is 11.6. The van der Waals surface area contributed by atoms with E-state index in [9.17, 15) is 10.2 Å². The van der Waals surface area contributed by atoms with E-state index in [1.54, 1.807) is 36.7 Å². The number of aromatic amines is 1. The molecule has 0 amide bonds. The van der Waals surface area contributed by atoms with Crippen molar-refractivity contribution in [2.24, 2.45) is 0 Å². The van der Waals surface area contributed by atoms with E-state index in [4.69, 9.17) is 4.98 Å². The van der Waals surface area contributed by atoms with Crippen LogP contribution in [0.15, 0.2) is 78.1 Å². The van der Waals surface area contributed by atoms with Crippen molar-refractivity contribution in [3.05, 3.63) is 95.1 Å². The smallest absolute Gasteiger partial charge is 0.137 e. The van der Waals surface area contributed by atoms with Crippen LogP contribution in [0.25, 0.3) is 27.2 Å². The Labute approximate surface area is 194 Å². The standard InChI is InChI=1S/C26H22N4O2S/c1-25(31)15-26(32,22-20(25)8-4-11-27-22)17-6-2-5-16(9-10-17)21-14-33-24(30-21)19-13-29-23-18(19)7-3-12-28-23/h2-8,10-14,31-32H,9,15H2,1H3,(H,28,29)/t25-,26-/m1/s1. The van der Waals surface area contributed by atoms with Crippen LogP contribution in [-0.4, -0.2) is 30.1 Å². The van der Waals surface area contributed by atoms with Crippen LogP contribution in [0.5, 0.6) is 0 Å². The monoisotopic (exact) mass is 454 g/mol. The van der Waals surface area contributed by atoms with Crippen molar-refractivity contribution in [3.63, 3.8) is 0 Å². The van der Waals surface area contributed by atoms with Gasteiger partial charge in [-0.05, 0) is 42.7 Å². The minimum atomic E-state index is -1.33. The molecule has 4 aromatic heterocycles. The summed E-state index contributed by atoms with van der Waals surface area (Å²) >= 11 is 1.60. The average Bonchev–Trinajstić information content (AvgIpc) is 3.45. The fourth-order valence-electron chi connectivity index (χ4n) is 4.88. The van der Waals surface area contributed by atoms with Gasteiger partial charge in [-0.1, -0.05) is 30.4 Å². The molecule has 164 valence electrons. The van der Waals surface area contributed by atoms with Crippen LogP contribution in [0.4, 0.5) is 0 Å². The third kappa shape index (κ3) is 3.20. The molecule has 4 heterocycles. The number of nitrogens with one attached hydrogen (secondary N) is 1. The Bertz CT molecular complexity index is 1480. The normalized spacial score (nSPS) is 24.5. The first-order valence-corrected chi connectivity index (χ1v) is 11.7. The Balaban J connectivity index is 1.31. The van der Waals surface area contributed by atoms with Gasteiger partial charge in [-0.25, -0.2) is 9.97 Å². The van der Waals surface area contributed by atoms with Gasteiger partial charge in [0.25, 0.3) is 0 Å². The molecule has 0 radical (unpaired) electrons. The van der Waals surface area contributed by atoms with Gasteiger partial charge in [0.1, 0.15) is 16.3 Å². The van der Waals surface area contributed by atoms with E-state index in [1.807, 2.05) is 48.7 Å². The van der Waals surface area contributed by atoms with E-state index < -0.39 is 11.2 Å². The Morgan fingerprint density at radius 3 is 2.88 bits per heavy atom. The minimum Gasteiger partial charge on any atom is -0.385 e. The van der Waals surface area contributed by atoms with Gasteiger partial charge in [-0.3, -0.25) is 4.98 Å². The van der Waals surface area contributed by atoms with E-state index in [0.29, 0.717) is 17.7 Å². The molecule has 2 aliphatic carbocycles. The molecule has 6 rings (SSSR count). The molecule has 4 aromatic rings. The van der Waals surface area contributed by atoms with E-state index in [0.717, 1.165) is 38.4 Å². The van der Waals surface area contributed by atoms with Gasteiger partial charge in [0.15, 0.2) is 0 Å². The van der Waals surface area contributed by atoms with Crippen LogP contribution >= 0.6 is 11.3 Å². The first-order valence-electron chi connectivity index (χ1n) is 10.8. The molecular formula is C26H22N4O2S. The Kier molecular flexibility index (Phi) is 4.48. The van der Waals surface area contributed by atoms with Crippen LogP contribution in [0, 0.1) is 0 Å². The number of fused-ring (bicyclic) bond motifs is 2. The fourth-order valence-corrected chi connectivity index (χ4v) is 5.76.